The van der Waals surface area contributed by atoms with Gasteiger partial charge in [-0.2, -0.15) is 10.9 Å². The molecule has 1 radical (unpaired) electrons. The highest BCUT2D eigenvalue weighted by molar-refractivity contribution is 6.96. The van der Waals surface area contributed by atoms with Crippen LogP contribution in [0, 0.1) is 65.1 Å². The molecular formula is C32H24BF10N-. The van der Waals surface area contributed by atoms with Gasteiger partial charge in [-0.15, -0.1) is 0 Å². The van der Waals surface area contributed by atoms with Crippen LogP contribution in [0.5, 0.6) is 0 Å². The molecule has 4 aromatic carbocycles. The Bertz CT molecular complexity index is 1680. The summed E-state index contributed by atoms with van der Waals surface area (Å²) in [5.41, 5.74) is -1.83. The van der Waals surface area contributed by atoms with Crippen molar-refractivity contribution in [3.8, 4) is 0 Å². The fraction of sp³-hybridized carbons (Fsp3) is 0.250. The highest BCUT2D eigenvalue weighted by atomic mass is 19.2. The standard InChI is InChI=1S/C32H24BF10N/c1-14-9-10-17-15(2)12-32(3,4)44(19(17)11-14)13-16-7-5-6-8-18(16)33(20-22(34)26(38)30(42)27(39)23(20)35)21-24(36)28(40)31(43)29(41)25(21)37/h5-11,15H,12-13H2,1-4H3/q-1. The van der Waals surface area contributed by atoms with Crippen molar-refractivity contribution in [2.45, 2.75) is 52.1 Å². The quantitative estimate of drug-likeness (QED) is 0.0985. The van der Waals surface area contributed by atoms with Crippen molar-refractivity contribution in [1.82, 2.24) is 0 Å². The first-order valence-corrected chi connectivity index (χ1v) is 13.6. The van der Waals surface area contributed by atoms with Crippen LogP contribution in [0.25, 0.3) is 0 Å². The molecule has 0 aliphatic carbocycles. The van der Waals surface area contributed by atoms with Crippen LogP contribution in [0.15, 0.2) is 42.5 Å². The Balaban J connectivity index is 1.83. The summed E-state index contributed by atoms with van der Waals surface area (Å²) in [5.74, 6) is -24.7. The number of anilines is 1. The van der Waals surface area contributed by atoms with E-state index in [1.807, 2.05) is 50.8 Å². The summed E-state index contributed by atoms with van der Waals surface area (Å²) < 4.78 is 147. The van der Waals surface area contributed by atoms with Crippen molar-refractivity contribution < 1.29 is 43.9 Å². The van der Waals surface area contributed by atoms with Crippen molar-refractivity contribution in [3.63, 3.8) is 0 Å². The first kappa shape index (κ1) is 31.5. The highest BCUT2D eigenvalue weighted by Crippen LogP contribution is 2.44. The third kappa shape index (κ3) is 4.92. The molecule has 0 saturated carbocycles. The second kappa shape index (κ2) is 11.2. The van der Waals surface area contributed by atoms with E-state index in [4.69, 9.17) is 0 Å². The molecule has 4 aromatic rings. The second-order valence-corrected chi connectivity index (χ2v) is 11.7. The summed E-state index contributed by atoms with van der Waals surface area (Å²) in [6.07, 6.45) is 0.629. The molecule has 1 atom stereocenters. The van der Waals surface area contributed by atoms with Crippen molar-refractivity contribution in [2.75, 3.05) is 4.90 Å². The van der Waals surface area contributed by atoms with E-state index >= 15 is 17.6 Å². The van der Waals surface area contributed by atoms with Crippen LogP contribution in [0.3, 0.4) is 0 Å². The molecule has 44 heavy (non-hydrogen) atoms. The SMILES string of the molecule is Cc1ccc2c(c1)N(Cc1ccccc1[B-](c1c(F)c(F)c(F)c(F)c1F)c1c(F)c(F)c(F)c(F)c1F)C(C)(C)CC2C. The van der Waals surface area contributed by atoms with Gasteiger partial charge in [0.2, 0.25) is 0 Å². The lowest BCUT2D eigenvalue weighted by Crippen LogP contribution is -2.59. The molecular weight excluding hydrogens is 599 g/mol. The summed E-state index contributed by atoms with van der Waals surface area (Å²) in [4.78, 5) is 1.92. The van der Waals surface area contributed by atoms with Gasteiger partial charge in [0.05, 0.1) is 0 Å². The topological polar surface area (TPSA) is 3.24 Å². The van der Waals surface area contributed by atoms with E-state index in [0.717, 1.165) is 22.9 Å². The Labute approximate surface area is 247 Å². The fourth-order valence-electron chi connectivity index (χ4n) is 6.24. The fourth-order valence-corrected chi connectivity index (χ4v) is 6.24. The van der Waals surface area contributed by atoms with Crippen LogP contribution in [-0.4, -0.2) is 12.3 Å². The van der Waals surface area contributed by atoms with Crippen molar-refractivity contribution >= 4 is 28.8 Å². The van der Waals surface area contributed by atoms with E-state index in [1.165, 1.54) is 18.2 Å². The zero-order chi connectivity index (χ0) is 32.4. The number of benzene rings is 4. The number of hydrogen-bond donors (Lipinski definition) is 0. The van der Waals surface area contributed by atoms with Crippen LogP contribution in [0.2, 0.25) is 0 Å². The van der Waals surface area contributed by atoms with E-state index in [-0.39, 0.29) is 18.0 Å². The lowest BCUT2D eigenvalue weighted by molar-refractivity contribution is 0.374. The number of halogens is 10. The molecule has 0 amide bonds. The van der Waals surface area contributed by atoms with Gasteiger partial charge in [0.15, 0.2) is 34.9 Å². The number of nitrogens with zero attached hydrogens (tertiary/aromatic N) is 1. The molecule has 0 bridgehead atoms. The predicted molar refractivity (Wildman–Crippen MR) is 148 cm³/mol. The molecule has 0 spiro atoms. The van der Waals surface area contributed by atoms with Crippen LogP contribution in [-0.2, 0) is 6.54 Å². The summed E-state index contributed by atoms with van der Waals surface area (Å²) in [7, 11) is 0. The molecule has 0 fully saturated rings. The van der Waals surface area contributed by atoms with Gasteiger partial charge in [-0.05, 0) is 57.0 Å². The molecule has 1 heterocycles. The average molecular weight is 623 g/mol. The number of hydrogen-bond acceptors (Lipinski definition) is 1. The van der Waals surface area contributed by atoms with E-state index in [0.29, 0.717) is 6.42 Å². The molecule has 0 N–H and O–H groups in total. The number of rotatable bonds is 5. The molecule has 1 aliphatic heterocycles. The second-order valence-electron chi connectivity index (χ2n) is 11.7. The zero-order valence-corrected chi connectivity index (χ0v) is 23.8. The van der Waals surface area contributed by atoms with Gasteiger partial charge in [-0.3, -0.25) is 0 Å². The Kier molecular flexibility index (Phi) is 8.01. The van der Waals surface area contributed by atoms with Gasteiger partial charge >= 0.3 is 0 Å². The van der Waals surface area contributed by atoms with Crippen LogP contribution in [0.4, 0.5) is 49.6 Å². The smallest absolute Gasteiger partial charge is 0.200 e. The maximum atomic E-state index is 15.3. The minimum Gasteiger partial charge on any atom is -0.362 e. The maximum Gasteiger partial charge on any atom is 0.200 e. The summed E-state index contributed by atoms with van der Waals surface area (Å²) in [6, 6.07) is 11.0. The molecule has 1 aliphatic rings. The lowest BCUT2D eigenvalue weighted by Gasteiger charge is -2.48. The van der Waals surface area contributed by atoms with E-state index in [1.54, 1.807) is 0 Å². The normalized spacial score (nSPS) is 16.1. The summed E-state index contributed by atoms with van der Waals surface area (Å²) >= 11 is 0. The highest BCUT2D eigenvalue weighted by Gasteiger charge is 2.37. The Hall–Kier alpha value is -3.96. The van der Waals surface area contributed by atoms with E-state index in [9.17, 15) is 26.3 Å². The van der Waals surface area contributed by atoms with Crippen molar-refractivity contribution in [3.05, 3.63) is 117 Å². The minimum absolute atomic E-state index is 0.0838. The molecule has 12 heteroatoms. The monoisotopic (exact) mass is 623 g/mol. The van der Waals surface area contributed by atoms with Gasteiger partial charge in [-0.1, -0.05) is 48.9 Å². The Morgan fingerprint density at radius 2 is 1.14 bits per heavy atom. The van der Waals surface area contributed by atoms with Gasteiger partial charge < -0.3 is 4.90 Å². The van der Waals surface area contributed by atoms with Crippen LogP contribution in [0.1, 0.15) is 49.8 Å². The number of aryl methyl sites for hydroxylation is 1. The van der Waals surface area contributed by atoms with Crippen molar-refractivity contribution in [2.24, 2.45) is 0 Å². The summed E-state index contributed by atoms with van der Waals surface area (Å²) in [5, 5.41) is 0. The first-order chi connectivity index (χ1) is 20.6. The van der Waals surface area contributed by atoms with Gasteiger partial charge in [0, 0.05) is 17.8 Å². The molecule has 0 saturated heterocycles. The van der Waals surface area contributed by atoms with E-state index in [2.05, 4.69) is 0 Å². The van der Waals surface area contributed by atoms with Crippen LogP contribution >= 0.6 is 0 Å². The third-order valence-electron chi connectivity index (χ3n) is 8.30. The lowest BCUT2D eigenvalue weighted by atomic mass is 9.35. The molecule has 5 rings (SSSR count). The van der Waals surface area contributed by atoms with Crippen molar-refractivity contribution in [1.29, 1.82) is 0 Å². The average Bonchev–Trinajstić information content (AvgIpc) is 2.98. The van der Waals surface area contributed by atoms with Gasteiger partial charge in [0.25, 0.3) is 0 Å². The van der Waals surface area contributed by atoms with E-state index < -0.39 is 86.8 Å². The minimum atomic E-state index is -2.63. The maximum absolute atomic E-state index is 15.3. The molecule has 0 aromatic heterocycles. The third-order valence-corrected chi connectivity index (χ3v) is 8.30. The molecule has 231 valence electrons. The largest absolute Gasteiger partial charge is 0.362 e. The first-order valence-electron chi connectivity index (χ1n) is 13.6. The Morgan fingerprint density at radius 3 is 1.64 bits per heavy atom. The molecule has 1 unspecified atom stereocenters. The predicted octanol–water partition coefficient (Wildman–Crippen LogP) is 7.19. The van der Waals surface area contributed by atoms with Crippen LogP contribution < -0.4 is 21.3 Å². The zero-order valence-electron chi connectivity index (χ0n) is 23.8. The Morgan fingerprint density at radius 1 is 0.682 bits per heavy atom. The molecule has 1 nitrogen and oxygen atoms in total. The summed E-state index contributed by atoms with van der Waals surface area (Å²) in [6.45, 7) is 4.98. The van der Waals surface area contributed by atoms with Gasteiger partial charge in [-0.25, -0.2) is 49.4 Å². The van der Waals surface area contributed by atoms with Gasteiger partial charge in [0.1, 0.15) is 23.3 Å². The number of fused-ring (bicyclic) bond motifs is 1.